The molecule has 19 heavy (non-hydrogen) atoms. The van der Waals surface area contributed by atoms with E-state index >= 15 is 0 Å². The predicted octanol–water partition coefficient (Wildman–Crippen LogP) is 1.70. The first-order valence-electron chi connectivity index (χ1n) is 6.38. The van der Waals surface area contributed by atoms with Crippen LogP contribution in [0, 0.1) is 0 Å². The Morgan fingerprint density at radius 3 is 2.79 bits per heavy atom. The van der Waals surface area contributed by atoms with Crippen LogP contribution in [0.5, 0.6) is 0 Å². The smallest absolute Gasteiger partial charge is 0.209 e. The van der Waals surface area contributed by atoms with Crippen LogP contribution < -0.4 is 5.32 Å². The van der Waals surface area contributed by atoms with Gasteiger partial charge in [0.15, 0.2) is 0 Å². The molecule has 2 aromatic rings. The summed E-state index contributed by atoms with van der Waals surface area (Å²) in [4.78, 5) is 0. The molecular formula is C13H19N5S. The molecule has 1 atom stereocenters. The molecule has 2 rings (SSSR count). The maximum absolute atomic E-state index is 3.93. The van der Waals surface area contributed by atoms with Crippen molar-refractivity contribution in [3.8, 4) is 0 Å². The van der Waals surface area contributed by atoms with Crippen LogP contribution in [0.3, 0.4) is 0 Å². The Balaban J connectivity index is 1.63. The van der Waals surface area contributed by atoms with Gasteiger partial charge in [0.2, 0.25) is 5.16 Å². The molecule has 0 amide bonds. The van der Waals surface area contributed by atoms with E-state index in [-0.39, 0.29) is 0 Å². The molecule has 1 aromatic carbocycles. The minimum atomic E-state index is 0.530. The van der Waals surface area contributed by atoms with Gasteiger partial charge < -0.3 is 5.32 Å². The van der Waals surface area contributed by atoms with Gasteiger partial charge in [0.05, 0.1) is 0 Å². The SMILES string of the molecule is C[C@@H](CNCCSc1nnnn1C)c1ccccc1. The van der Waals surface area contributed by atoms with E-state index < -0.39 is 0 Å². The number of tetrazole rings is 1. The van der Waals surface area contributed by atoms with E-state index in [2.05, 4.69) is 58.1 Å². The zero-order chi connectivity index (χ0) is 13.5. The zero-order valence-electron chi connectivity index (χ0n) is 11.3. The van der Waals surface area contributed by atoms with Crippen LogP contribution in [0.1, 0.15) is 18.4 Å². The molecule has 0 unspecified atom stereocenters. The first-order valence-corrected chi connectivity index (χ1v) is 7.36. The zero-order valence-corrected chi connectivity index (χ0v) is 12.1. The van der Waals surface area contributed by atoms with Gasteiger partial charge in [-0.3, -0.25) is 0 Å². The van der Waals surface area contributed by atoms with Crippen LogP contribution in [0.15, 0.2) is 35.5 Å². The van der Waals surface area contributed by atoms with Crippen molar-refractivity contribution < 1.29 is 0 Å². The van der Waals surface area contributed by atoms with E-state index in [1.807, 2.05) is 7.05 Å². The number of nitrogens with one attached hydrogen (secondary N) is 1. The van der Waals surface area contributed by atoms with Crippen LogP contribution in [0.2, 0.25) is 0 Å². The minimum absolute atomic E-state index is 0.530. The number of nitrogens with zero attached hydrogens (tertiary/aromatic N) is 4. The Bertz CT molecular complexity index is 485. The van der Waals surface area contributed by atoms with Gasteiger partial charge in [0.1, 0.15) is 0 Å². The van der Waals surface area contributed by atoms with Crippen molar-refractivity contribution in [1.82, 2.24) is 25.5 Å². The summed E-state index contributed by atoms with van der Waals surface area (Å²) in [5.74, 6) is 1.50. The second-order valence-corrected chi connectivity index (χ2v) is 5.51. The van der Waals surface area contributed by atoms with Gasteiger partial charge in [-0.2, -0.15) is 0 Å². The average molecular weight is 277 g/mol. The maximum Gasteiger partial charge on any atom is 0.209 e. The van der Waals surface area contributed by atoms with E-state index in [1.54, 1.807) is 16.4 Å². The lowest BCUT2D eigenvalue weighted by atomic mass is 10.0. The van der Waals surface area contributed by atoms with E-state index in [0.717, 1.165) is 24.0 Å². The molecule has 1 aromatic heterocycles. The van der Waals surface area contributed by atoms with Crippen molar-refractivity contribution >= 4 is 11.8 Å². The Morgan fingerprint density at radius 2 is 2.11 bits per heavy atom. The number of hydrogen-bond donors (Lipinski definition) is 1. The van der Waals surface area contributed by atoms with Crippen molar-refractivity contribution in [2.24, 2.45) is 7.05 Å². The highest BCUT2D eigenvalue weighted by atomic mass is 32.2. The molecule has 0 fully saturated rings. The quantitative estimate of drug-likeness (QED) is 0.616. The summed E-state index contributed by atoms with van der Waals surface area (Å²) in [6.45, 7) is 4.18. The van der Waals surface area contributed by atoms with Crippen molar-refractivity contribution in [3.63, 3.8) is 0 Å². The van der Waals surface area contributed by atoms with Gasteiger partial charge in [0, 0.05) is 25.9 Å². The van der Waals surface area contributed by atoms with Crippen molar-refractivity contribution in [1.29, 1.82) is 0 Å². The fraction of sp³-hybridized carbons (Fsp3) is 0.462. The van der Waals surface area contributed by atoms with Crippen molar-refractivity contribution in [2.45, 2.75) is 18.0 Å². The van der Waals surface area contributed by atoms with Gasteiger partial charge in [-0.05, 0) is 21.9 Å². The van der Waals surface area contributed by atoms with Gasteiger partial charge in [0.25, 0.3) is 0 Å². The van der Waals surface area contributed by atoms with Crippen LogP contribution in [-0.4, -0.2) is 39.0 Å². The van der Waals surface area contributed by atoms with E-state index in [4.69, 9.17) is 0 Å². The summed E-state index contributed by atoms with van der Waals surface area (Å²) in [5, 5.41) is 15.7. The van der Waals surface area contributed by atoms with E-state index in [1.165, 1.54) is 5.56 Å². The third-order valence-electron chi connectivity index (χ3n) is 2.91. The third-order valence-corrected chi connectivity index (χ3v) is 3.92. The summed E-state index contributed by atoms with van der Waals surface area (Å²) in [5.41, 5.74) is 1.38. The number of aryl methyl sites for hydroxylation is 1. The molecule has 0 bridgehead atoms. The highest BCUT2D eigenvalue weighted by Gasteiger charge is 2.05. The predicted molar refractivity (Wildman–Crippen MR) is 77.2 cm³/mol. The van der Waals surface area contributed by atoms with Crippen LogP contribution in [-0.2, 0) is 7.05 Å². The molecule has 6 heteroatoms. The standard InChI is InChI=1S/C13H19N5S/c1-11(12-6-4-3-5-7-12)10-14-8-9-19-13-15-16-17-18(13)2/h3-7,11,14H,8-10H2,1-2H3/t11-/m0/s1. The molecule has 5 nitrogen and oxygen atoms in total. The molecule has 0 aliphatic carbocycles. The number of thioether (sulfide) groups is 1. The van der Waals surface area contributed by atoms with Gasteiger partial charge in [-0.15, -0.1) is 5.10 Å². The Labute approximate surface area is 117 Å². The lowest BCUT2D eigenvalue weighted by molar-refractivity contribution is 0.636. The first kappa shape index (κ1) is 14.0. The van der Waals surface area contributed by atoms with Crippen LogP contribution in [0.25, 0.3) is 0 Å². The normalized spacial score (nSPS) is 12.5. The number of rotatable bonds is 7. The Kier molecular flexibility index (Phi) is 5.35. The molecule has 0 aliphatic rings. The summed E-state index contributed by atoms with van der Waals surface area (Å²) in [6.07, 6.45) is 0. The largest absolute Gasteiger partial charge is 0.315 e. The number of hydrogen-bond acceptors (Lipinski definition) is 5. The maximum atomic E-state index is 3.93. The van der Waals surface area contributed by atoms with Crippen molar-refractivity contribution in [2.75, 3.05) is 18.8 Å². The fourth-order valence-corrected chi connectivity index (χ4v) is 2.52. The fourth-order valence-electron chi connectivity index (χ4n) is 1.78. The molecule has 102 valence electrons. The molecule has 0 saturated heterocycles. The number of aromatic nitrogens is 4. The van der Waals surface area contributed by atoms with Crippen molar-refractivity contribution in [3.05, 3.63) is 35.9 Å². The molecule has 0 saturated carbocycles. The molecule has 0 aliphatic heterocycles. The van der Waals surface area contributed by atoms with E-state index in [9.17, 15) is 0 Å². The van der Waals surface area contributed by atoms with Crippen LogP contribution >= 0.6 is 11.8 Å². The lowest BCUT2D eigenvalue weighted by Crippen LogP contribution is -2.22. The molecule has 0 radical (unpaired) electrons. The number of benzene rings is 1. The summed E-state index contributed by atoms with van der Waals surface area (Å²) in [7, 11) is 1.85. The van der Waals surface area contributed by atoms with Gasteiger partial charge in [-0.25, -0.2) is 4.68 Å². The monoisotopic (exact) mass is 277 g/mol. The summed E-state index contributed by atoms with van der Waals surface area (Å²) in [6, 6.07) is 10.6. The molecule has 1 heterocycles. The van der Waals surface area contributed by atoms with Gasteiger partial charge >= 0.3 is 0 Å². The Morgan fingerprint density at radius 1 is 1.32 bits per heavy atom. The lowest BCUT2D eigenvalue weighted by Gasteiger charge is -2.12. The molecular weight excluding hydrogens is 258 g/mol. The topological polar surface area (TPSA) is 55.6 Å². The summed E-state index contributed by atoms with van der Waals surface area (Å²) >= 11 is 1.67. The highest BCUT2D eigenvalue weighted by molar-refractivity contribution is 7.99. The second kappa shape index (κ2) is 7.25. The minimum Gasteiger partial charge on any atom is -0.315 e. The first-order chi connectivity index (χ1) is 9.27. The Hall–Kier alpha value is -1.40. The third kappa shape index (κ3) is 4.33. The van der Waals surface area contributed by atoms with Gasteiger partial charge in [-0.1, -0.05) is 49.0 Å². The van der Waals surface area contributed by atoms with Crippen LogP contribution in [0.4, 0.5) is 0 Å². The summed E-state index contributed by atoms with van der Waals surface area (Å²) < 4.78 is 1.69. The van der Waals surface area contributed by atoms with E-state index in [0.29, 0.717) is 5.92 Å². The molecule has 0 spiro atoms. The highest BCUT2D eigenvalue weighted by Crippen LogP contribution is 2.13. The second-order valence-electron chi connectivity index (χ2n) is 4.45. The average Bonchev–Trinajstić information content (AvgIpc) is 2.85. The molecule has 1 N–H and O–H groups in total.